The van der Waals surface area contributed by atoms with Crippen molar-refractivity contribution in [3.05, 3.63) is 42.3 Å². The summed E-state index contributed by atoms with van der Waals surface area (Å²) in [5, 5.41) is 2.09. The van der Waals surface area contributed by atoms with Gasteiger partial charge in [-0.25, -0.2) is 0 Å². The molecule has 0 atom stereocenters. The predicted molar refractivity (Wildman–Crippen MR) is 191 cm³/mol. The molecule has 1 nitrogen and oxygen atoms in total. The van der Waals surface area contributed by atoms with Crippen molar-refractivity contribution < 1.29 is 21.0 Å². The second kappa shape index (κ2) is 24.3. The van der Waals surface area contributed by atoms with Crippen LogP contribution in [0, 0.1) is 0 Å². The number of halogens is 6. The predicted octanol–water partition coefficient (Wildman–Crippen LogP) is 13.4. The van der Waals surface area contributed by atoms with Crippen LogP contribution in [0.5, 0.6) is 0 Å². The molecule has 0 radical (unpaired) electrons. The van der Waals surface area contributed by atoms with Crippen LogP contribution < -0.4 is 0 Å². The molecular weight excluding hydrogens is 750 g/mol. The van der Waals surface area contributed by atoms with Crippen molar-refractivity contribution in [1.82, 2.24) is 0 Å². The third kappa shape index (κ3) is 15.9. The second-order valence-corrected chi connectivity index (χ2v) is 13.5. The average Bonchev–Trinajstić information content (AvgIpc) is 2.92. The molecule has 0 bridgehead atoms. The largest absolute Gasteiger partial charge is 0.324 e. The monoisotopic (exact) mass is 788 g/mol. The molecule has 40 heavy (non-hydrogen) atoms. The molecule has 0 amide bonds. The van der Waals surface area contributed by atoms with Crippen LogP contribution in [0.2, 0.25) is 30.1 Å². The zero-order valence-corrected chi connectivity index (χ0v) is 32.6. The summed E-state index contributed by atoms with van der Waals surface area (Å²) in [5.41, 5.74) is 0. The van der Waals surface area contributed by atoms with Crippen LogP contribution >= 0.6 is 120 Å². The molecule has 0 fully saturated rings. The molecular formula is C28H42Cl6NNiS4+. The minimum absolute atomic E-state index is 0. The summed E-state index contributed by atoms with van der Waals surface area (Å²) in [5.74, 6) is 0. The van der Waals surface area contributed by atoms with Gasteiger partial charge in [-0.3, -0.25) is 0 Å². The van der Waals surface area contributed by atoms with Gasteiger partial charge < -0.3 is 4.48 Å². The quantitative estimate of drug-likeness (QED) is 0.0700. The topological polar surface area (TPSA) is 0 Å². The van der Waals surface area contributed by atoms with Crippen molar-refractivity contribution in [2.45, 2.75) is 98.6 Å². The van der Waals surface area contributed by atoms with E-state index in [1.54, 1.807) is 12.1 Å². The molecule has 12 heteroatoms. The van der Waals surface area contributed by atoms with Crippen LogP contribution in [-0.2, 0) is 16.5 Å². The first-order valence-electron chi connectivity index (χ1n) is 13.3. The molecule has 0 aromatic heterocycles. The number of unbranched alkanes of at least 4 members (excludes halogenated alkanes) is 4. The van der Waals surface area contributed by atoms with Crippen molar-refractivity contribution in [1.29, 1.82) is 0 Å². The van der Waals surface area contributed by atoms with E-state index in [0.717, 1.165) is 0 Å². The fourth-order valence-corrected chi connectivity index (χ4v) is 6.25. The number of hydrogen-bond donors (Lipinski definition) is 4. The Morgan fingerprint density at radius 2 is 0.750 bits per heavy atom. The van der Waals surface area contributed by atoms with Crippen LogP contribution in [0.15, 0.2) is 31.7 Å². The third-order valence-corrected chi connectivity index (χ3v) is 11.0. The molecule has 0 heterocycles. The number of rotatable bonds is 12. The molecule has 0 unspecified atom stereocenters. The van der Waals surface area contributed by atoms with Gasteiger partial charge in [0, 0.05) is 36.1 Å². The molecule has 0 spiro atoms. The maximum absolute atomic E-state index is 5.75. The van der Waals surface area contributed by atoms with Crippen molar-refractivity contribution in [3.8, 4) is 0 Å². The van der Waals surface area contributed by atoms with Crippen molar-refractivity contribution in [2.24, 2.45) is 0 Å². The number of hydrogen-bond acceptors (Lipinski definition) is 4. The van der Waals surface area contributed by atoms with E-state index in [-0.39, 0.29) is 16.5 Å². The van der Waals surface area contributed by atoms with Gasteiger partial charge in [-0.2, -0.15) is 0 Å². The van der Waals surface area contributed by atoms with Gasteiger partial charge in [-0.05, 0) is 37.8 Å². The zero-order valence-electron chi connectivity index (χ0n) is 23.5. The van der Waals surface area contributed by atoms with E-state index in [4.69, 9.17) is 69.6 Å². The molecule has 0 saturated carbocycles. The van der Waals surface area contributed by atoms with Gasteiger partial charge in [-0.15, -0.1) is 50.5 Å². The van der Waals surface area contributed by atoms with E-state index in [1.807, 2.05) is 0 Å². The molecule has 0 N–H and O–H groups in total. The maximum Gasteiger partial charge on any atom is 0.0790 e. The van der Waals surface area contributed by atoms with Gasteiger partial charge in [0.05, 0.1) is 56.3 Å². The van der Waals surface area contributed by atoms with Gasteiger partial charge >= 0.3 is 0 Å². The van der Waals surface area contributed by atoms with Crippen molar-refractivity contribution >= 4 is 120 Å². The number of benzene rings is 2. The Balaban J connectivity index is 0. The Morgan fingerprint density at radius 1 is 0.500 bits per heavy atom. The van der Waals surface area contributed by atoms with Crippen LogP contribution in [0.4, 0.5) is 0 Å². The number of nitrogens with zero attached hydrogens (tertiary/aromatic N) is 1. The van der Waals surface area contributed by atoms with Crippen LogP contribution in [0.3, 0.4) is 0 Å². The van der Waals surface area contributed by atoms with Gasteiger partial charge in [0.1, 0.15) is 0 Å². The van der Waals surface area contributed by atoms with E-state index in [0.29, 0.717) is 49.7 Å². The summed E-state index contributed by atoms with van der Waals surface area (Å²) in [6, 6.07) is 3.20. The first-order valence-corrected chi connectivity index (χ1v) is 17.3. The Kier molecular flexibility index (Phi) is 26.8. The van der Waals surface area contributed by atoms with E-state index < -0.39 is 0 Å². The first-order chi connectivity index (χ1) is 18.3. The van der Waals surface area contributed by atoms with Crippen LogP contribution in [0.25, 0.3) is 0 Å². The standard InChI is InChI=1S/C16H36N.2C6H3Cl3S2.Ni/c1-5-9-13-17(14-10-6-2,15-11-7-3)16-12-8-4;2*7-2-1-3(10)6(11)5(9)4(2)8;/h5-16H2,1-4H3;2*1,10-11H;/q+1;;;. The van der Waals surface area contributed by atoms with Gasteiger partial charge in [0.2, 0.25) is 0 Å². The molecule has 2 aromatic carbocycles. The zero-order chi connectivity index (χ0) is 30.2. The maximum atomic E-state index is 5.75. The minimum Gasteiger partial charge on any atom is -0.324 e. The Morgan fingerprint density at radius 3 is 0.975 bits per heavy atom. The van der Waals surface area contributed by atoms with Gasteiger partial charge in [-0.1, -0.05) is 123 Å². The molecule has 0 aliphatic carbocycles. The number of thiol groups is 4. The molecule has 234 valence electrons. The van der Waals surface area contributed by atoms with E-state index >= 15 is 0 Å². The summed E-state index contributed by atoms with van der Waals surface area (Å²) < 4.78 is 1.42. The minimum atomic E-state index is 0. The smallest absolute Gasteiger partial charge is 0.0790 e. The van der Waals surface area contributed by atoms with E-state index in [1.165, 1.54) is 82.0 Å². The molecule has 0 aliphatic rings. The first kappa shape index (κ1) is 44.2. The average molecular weight is 792 g/mol. The molecule has 2 aromatic rings. The van der Waals surface area contributed by atoms with Gasteiger partial charge in [0.25, 0.3) is 0 Å². The Hall–Kier alpha value is 2.03. The fraction of sp³-hybridized carbons (Fsp3) is 0.571. The Labute approximate surface area is 305 Å². The van der Waals surface area contributed by atoms with Crippen molar-refractivity contribution in [2.75, 3.05) is 26.2 Å². The summed E-state index contributed by atoms with van der Waals surface area (Å²) in [4.78, 5) is 2.33. The SMILES string of the molecule is CCCC[N+](CCCC)(CCCC)CCCC.Sc1cc(Cl)c(Cl)c(Cl)c1S.Sc1cc(Cl)c(Cl)c(Cl)c1S.[Ni]. The number of quaternary nitrogens is 1. The second-order valence-electron chi connectivity index (χ2n) is 9.36. The van der Waals surface area contributed by atoms with Crippen LogP contribution in [0.1, 0.15) is 79.1 Å². The van der Waals surface area contributed by atoms with E-state index in [9.17, 15) is 0 Å². The third-order valence-electron chi connectivity index (χ3n) is 6.18. The molecule has 2 rings (SSSR count). The van der Waals surface area contributed by atoms with Crippen molar-refractivity contribution in [3.63, 3.8) is 0 Å². The summed E-state index contributed by atoms with van der Waals surface area (Å²) in [6.07, 6.45) is 11.1. The summed E-state index contributed by atoms with van der Waals surface area (Å²) >= 11 is 50.6. The van der Waals surface area contributed by atoms with E-state index in [2.05, 4.69) is 78.2 Å². The van der Waals surface area contributed by atoms with Gasteiger partial charge in [0.15, 0.2) is 0 Å². The summed E-state index contributed by atoms with van der Waals surface area (Å²) in [6.45, 7) is 15.0. The molecule has 0 aliphatic heterocycles. The Bertz CT molecular complexity index is 862. The fourth-order valence-electron chi connectivity index (χ4n) is 3.79. The van der Waals surface area contributed by atoms with Crippen LogP contribution in [-0.4, -0.2) is 30.7 Å². The normalized spacial score (nSPS) is 10.8. The summed E-state index contributed by atoms with van der Waals surface area (Å²) in [7, 11) is 0. The molecule has 0 saturated heterocycles.